The van der Waals surface area contributed by atoms with Crippen molar-refractivity contribution in [3.8, 4) is 0 Å². The van der Waals surface area contributed by atoms with E-state index in [-0.39, 0.29) is 37.5 Å². The maximum atomic E-state index is 12.8. The van der Waals surface area contributed by atoms with Gasteiger partial charge in [-0.1, -0.05) is 197 Å². The molecular formula is C57H100O6. The van der Waals surface area contributed by atoms with Crippen LogP contribution in [-0.2, 0) is 28.6 Å². The van der Waals surface area contributed by atoms with Crippen molar-refractivity contribution in [2.75, 3.05) is 13.2 Å². The van der Waals surface area contributed by atoms with E-state index in [2.05, 4.69) is 81.5 Å². The molecule has 0 bridgehead atoms. The largest absolute Gasteiger partial charge is 0.462 e. The fourth-order valence-corrected chi connectivity index (χ4v) is 7.38. The van der Waals surface area contributed by atoms with Gasteiger partial charge in [0.25, 0.3) is 0 Å². The van der Waals surface area contributed by atoms with Crippen LogP contribution >= 0.6 is 0 Å². The van der Waals surface area contributed by atoms with Crippen molar-refractivity contribution in [1.29, 1.82) is 0 Å². The van der Waals surface area contributed by atoms with E-state index < -0.39 is 6.10 Å². The van der Waals surface area contributed by atoms with E-state index in [9.17, 15) is 14.4 Å². The minimum absolute atomic E-state index is 0.0926. The average Bonchev–Trinajstić information content (AvgIpc) is 3.28. The van der Waals surface area contributed by atoms with Crippen molar-refractivity contribution < 1.29 is 28.6 Å². The number of ether oxygens (including phenoxy) is 3. The Morgan fingerprint density at radius 1 is 0.317 bits per heavy atom. The summed E-state index contributed by atoms with van der Waals surface area (Å²) in [5.74, 6) is -0.934. The summed E-state index contributed by atoms with van der Waals surface area (Å²) < 4.78 is 16.8. The number of hydrogen-bond donors (Lipinski definition) is 0. The summed E-state index contributed by atoms with van der Waals surface area (Å²) in [5, 5.41) is 0. The van der Waals surface area contributed by atoms with Crippen LogP contribution in [0, 0.1) is 0 Å². The zero-order valence-corrected chi connectivity index (χ0v) is 41.6. The number of esters is 3. The molecular weight excluding hydrogens is 781 g/mol. The fraction of sp³-hybridized carbons (Fsp3) is 0.772. The predicted octanol–water partition coefficient (Wildman–Crippen LogP) is 17.6. The lowest BCUT2D eigenvalue weighted by atomic mass is 10.1. The van der Waals surface area contributed by atoms with E-state index >= 15 is 0 Å². The second-order valence-corrected chi connectivity index (χ2v) is 17.8. The lowest BCUT2D eigenvalue weighted by Crippen LogP contribution is -2.30. The molecule has 0 heterocycles. The summed E-state index contributed by atoms with van der Waals surface area (Å²) in [5.41, 5.74) is 0. The van der Waals surface area contributed by atoms with E-state index in [1.54, 1.807) is 0 Å². The Labute approximate surface area is 390 Å². The topological polar surface area (TPSA) is 78.9 Å². The monoisotopic (exact) mass is 881 g/mol. The van der Waals surface area contributed by atoms with Crippen LogP contribution < -0.4 is 0 Å². The maximum absolute atomic E-state index is 12.8. The molecule has 0 aromatic heterocycles. The van der Waals surface area contributed by atoms with Gasteiger partial charge in [0.2, 0.25) is 0 Å². The van der Waals surface area contributed by atoms with Gasteiger partial charge in [0.05, 0.1) is 0 Å². The van der Waals surface area contributed by atoms with Crippen LogP contribution in [0.4, 0.5) is 0 Å². The van der Waals surface area contributed by atoms with E-state index in [1.807, 2.05) is 0 Å². The van der Waals surface area contributed by atoms with Crippen LogP contribution in [0.1, 0.15) is 265 Å². The number of hydrogen-bond acceptors (Lipinski definition) is 6. The van der Waals surface area contributed by atoms with Crippen molar-refractivity contribution >= 4 is 17.9 Å². The molecule has 0 aliphatic heterocycles. The van der Waals surface area contributed by atoms with Gasteiger partial charge in [0.1, 0.15) is 13.2 Å². The van der Waals surface area contributed by atoms with Crippen LogP contribution in [0.3, 0.4) is 0 Å². The Morgan fingerprint density at radius 3 is 0.968 bits per heavy atom. The van der Waals surface area contributed by atoms with Crippen molar-refractivity contribution in [2.24, 2.45) is 0 Å². The van der Waals surface area contributed by atoms with Gasteiger partial charge in [0.15, 0.2) is 6.10 Å². The van der Waals surface area contributed by atoms with Gasteiger partial charge in [0, 0.05) is 19.3 Å². The zero-order chi connectivity index (χ0) is 45.8. The highest BCUT2D eigenvalue weighted by molar-refractivity contribution is 5.71. The molecule has 0 radical (unpaired) electrons. The molecule has 0 unspecified atom stereocenters. The summed E-state index contributed by atoms with van der Waals surface area (Å²) in [6, 6.07) is 0. The number of unbranched alkanes of at least 4 members (excludes halogenated alkanes) is 27. The Hall–Kier alpha value is -2.89. The van der Waals surface area contributed by atoms with Gasteiger partial charge < -0.3 is 14.2 Å². The smallest absolute Gasteiger partial charge is 0.306 e. The number of allylic oxidation sites excluding steroid dienone is 10. The molecule has 0 saturated carbocycles. The van der Waals surface area contributed by atoms with E-state index in [4.69, 9.17) is 14.2 Å². The molecule has 0 rings (SSSR count). The van der Waals surface area contributed by atoms with Crippen LogP contribution in [0.15, 0.2) is 60.8 Å². The number of carbonyl (C=O) groups is 3. The molecule has 63 heavy (non-hydrogen) atoms. The van der Waals surface area contributed by atoms with Gasteiger partial charge in [-0.05, 0) is 109 Å². The molecule has 364 valence electrons. The molecule has 0 aromatic rings. The molecule has 0 fully saturated rings. The van der Waals surface area contributed by atoms with E-state index in [1.165, 1.54) is 154 Å². The zero-order valence-electron chi connectivity index (χ0n) is 41.6. The third-order valence-corrected chi connectivity index (χ3v) is 11.5. The summed E-state index contributed by atoms with van der Waals surface area (Å²) >= 11 is 0. The molecule has 0 aliphatic carbocycles. The second kappa shape index (κ2) is 51.7. The first-order valence-electron chi connectivity index (χ1n) is 26.8. The average molecular weight is 881 g/mol. The minimum Gasteiger partial charge on any atom is -0.462 e. The first-order valence-corrected chi connectivity index (χ1v) is 26.8. The van der Waals surface area contributed by atoms with E-state index in [0.717, 1.165) is 64.2 Å². The number of carbonyl (C=O) groups excluding carboxylic acids is 3. The first kappa shape index (κ1) is 60.1. The van der Waals surface area contributed by atoms with Gasteiger partial charge in [-0.25, -0.2) is 0 Å². The standard InChI is InChI=1S/C57H100O6/c1-4-7-10-13-16-19-22-25-28-31-34-37-40-43-46-49-55(58)61-52-54(63-57(60)51-48-45-42-39-36-33-30-27-24-21-18-15-12-9-6-3)53-62-56(59)50-47-44-41-38-35-32-29-26-23-20-17-14-11-8-5-2/h18-23,27,30,36,39,54H,4-17,24-26,28-29,31-35,37-38,40-53H2,1-3H3/b21-18-,22-19-,23-20-,30-27-,39-36-. The lowest BCUT2D eigenvalue weighted by molar-refractivity contribution is -0.167. The maximum Gasteiger partial charge on any atom is 0.306 e. The molecule has 0 saturated heterocycles. The Kier molecular flexibility index (Phi) is 49.4. The van der Waals surface area contributed by atoms with Crippen molar-refractivity contribution in [2.45, 2.75) is 271 Å². The second-order valence-electron chi connectivity index (χ2n) is 17.8. The molecule has 0 atom stereocenters. The highest BCUT2D eigenvalue weighted by Crippen LogP contribution is 2.14. The van der Waals surface area contributed by atoms with Gasteiger partial charge >= 0.3 is 17.9 Å². The molecule has 0 N–H and O–H groups in total. The van der Waals surface area contributed by atoms with Crippen LogP contribution in [0.5, 0.6) is 0 Å². The Morgan fingerprint density at radius 2 is 0.571 bits per heavy atom. The quantitative estimate of drug-likeness (QED) is 0.0262. The fourth-order valence-electron chi connectivity index (χ4n) is 7.38. The van der Waals surface area contributed by atoms with Crippen molar-refractivity contribution in [1.82, 2.24) is 0 Å². The third kappa shape index (κ3) is 50.0. The predicted molar refractivity (Wildman–Crippen MR) is 270 cm³/mol. The molecule has 6 nitrogen and oxygen atoms in total. The highest BCUT2D eigenvalue weighted by atomic mass is 16.6. The summed E-state index contributed by atoms with van der Waals surface area (Å²) in [6.45, 7) is 6.56. The molecule has 0 aromatic carbocycles. The van der Waals surface area contributed by atoms with Crippen LogP contribution in [0.25, 0.3) is 0 Å². The molecule has 0 amide bonds. The first-order chi connectivity index (χ1) is 31.0. The third-order valence-electron chi connectivity index (χ3n) is 11.5. The molecule has 0 spiro atoms. The van der Waals surface area contributed by atoms with E-state index in [0.29, 0.717) is 19.3 Å². The van der Waals surface area contributed by atoms with Crippen LogP contribution in [-0.4, -0.2) is 37.2 Å². The minimum atomic E-state index is -0.796. The number of rotatable bonds is 48. The van der Waals surface area contributed by atoms with Crippen molar-refractivity contribution in [3.05, 3.63) is 60.8 Å². The highest BCUT2D eigenvalue weighted by Gasteiger charge is 2.19. The van der Waals surface area contributed by atoms with Gasteiger partial charge in [-0.3, -0.25) is 14.4 Å². The normalized spacial score (nSPS) is 12.1. The molecule has 0 aliphatic rings. The Bertz CT molecular complexity index is 1090. The lowest BCUT2D eigenvalue weighted by Gasteiger charge is -2.18. The summed E-state index contributed by atoms with van der Waals surface area (Å²) in [7, 11) is 0. The van der Waals surface area contributed by atoms with Gasteiger partial charge in [-0.15, -0.1) is 0 Å². The van der Waals surface area contributed by atoms with Gasteiger partial charge in [-0.2, -0.15) is 0 Å². The van der Waals surface area contributed by atoms with Crippen molar-refractivity contribution in [3.63, 3.8) is 0 Å². The SMILES string of the molecule is CCCCC/C=C\C/C=C\C/C=C\CCCCC(=O)OC(COC(=O)CCCCCCCCC/C=C\CCCCCC)COC(=O)CCCCCCCCC/C=C\CCCCCC. The summed E-state index contributed by atoms with van der Waals surface area (Å²) in [4.78, 5) is 38.0. The Balaban J connectivity index is 4.44. The molecule has 6 heteroatoms. The summed E-state index contributed by atoms with van der Waals surface area (Å²) in [6.07, 6.45) is 63.4. The van der Waals surface area contributed by atoms with Crippen LogP contribution in [0.2, 0.25) is 0 Å².